The highest BCUT2D eigenvalue weighted by Crippen LogP contribution is 2.25. The summed E-state index contributed by atoms with van der Waals surface area (Å²) in [6.45, 7) is 4.28. The fourth-order valence-electron chi connectivity index (χ4n) is 2.05. The average Bonchev–Trinajstić information content (AvgIpc) is 2.55. The molecule has 2 N–H and O–H groups in total. The first kappa shape index (κ1) is 16.5. The third kappa shape index (κ3) is 4.06. The lowest BCUT2D eigenvalue weighted by atomic mass is 10.0. The second-order valence-corrected chi connectivity index (χ2v) is 4.95. The minimum atomic E-state index is -1.10. The maximum absolute atomic E-state index is 11.8. The van der Waals surface area contributed by atoms with Crippen LogP contribution in [0.15, 0.2) is 42.6 Å². The van der Waals surface area contributed by atoms with E-state index < -0.39 is 5.97 Å². The summed E-state index contributed by atoms with van der Waals surface area (Å²) in [5.41, 5.74) is 0.843. The lowest BCUT2D eigenvalue weighted by molar-refractivity contribution is -0.122. The van der Waals surface area contributed by atoms with E-state index in [4.69, 9.17) is 9.84 Å². The van der Waals surface area contributed by atoms with E-state index in [1.807, 2.05) is 13.8 Å². The number of aromatic carboxylic acids is 1. The minimum absolute atomic E-state index is 0.00716. The van der Waals surface area contributed by atoms with E-state index in [9.17, 15) is 9.59 Å². The molecular formula is C17H18N2O4. The van der Waals surface area contributed by atoms with E-state index in [1.165, 1.54) is 18.3 Å². The predicted molar refractivity (Wildman–Crippen MR) is 84.8 cm³/mol. The number of amides is 1. The molecule has 120 valence electrons. The molecule has 0 saturated heterocycles. The van der Waals surface area contributed by atoms with Crippen LogP contribution < -0.4 is 10.1 Å². The number of carbonyl (C=O) groups is 2. The number of benzene rings is 1. The zero-order valence-corrected chi connectivity index (χ0v) is 12.9. The van der Waals surface area contributed by atoms with Crippen LogP contribution >= 0.6 is 0 Å². The van der Waals surface area contributed by atoms with Crippen LogP contribution in [0.4, 0.5) is 0 Å². The van der Waals surface area contributed by atoms with Crippen LogP contribution in [0, 0.1) is 0 Å². The van der Waals surface area contributed by atoms with Crippen molar-refractivity contribution in [1.82, 2.24) is 10.3 Å². The molecule has 1 amide bonds. The Labute approximate surface area is 134 Å². The standard InChI is InChI=1S/C17H18N2O4/c1-3-18-15(20)11(2)12-6-8-13(9-7-12)23-16-14(17(21)22)5-4-10-19-16/h4-11H,3H2,1-2H3,(H,18,20)(H,21,22). The Morgan fingerprint density at radius 1 is 1.26 bits per heavy atom. The van der Waals surface area contributed by atoms with Gasteiger partial charge in [-0.1, -0.05) is 12.1 Å². The Kier molecular flexibility index (Phi) is 5.30. The van der Waals surface area contributed by atoms with Crippen molar-refractivity contribution < 1.29 is 19.4 Å². The van der Waals surface area contributed by atoms with Gasteiger partial charge in [-0.15, -0.1) is 0 Å². The van der Waals surface area contributed by atoms with Crippen LogP contribution in [0.3, 0.4) is 0 Å². The molecule has 1 unspecified atom stereocenters. The lowest BCUT2D eigenvalue weighted by Crippen LogP contribution is -2.27. The van der Waals surface area contributed by atoms with E-state index >= 15 is 0 Å². The Morgan fingerprint density at radius 3 is 2.57 bits per heavy atom. The molecule has 2 aromatic rings. The van der Waals surface area contributed by atoms with Crippen LogP contribution in [0.1, 0.15) is 35.7 Å². The van der Waals surface area contributed by atoms with Gasteiger partial charge >= 0.3 is 5.97 Å². The molecule has 6 heteroatoms. The van der Waals surface area contributed by atoms with Gasteiger partial charge in [0.25, 0.3) is 0 Å². The van der Waals surface area contributed by atoms with E-state index in [2.05, 4.69) is 10.3 Å². The largest absolute Gasteiger partial charge is 0.477 e. The summed E-state index contributed by atoms with van der Waals surface area (Å²) < 4.78 is 5.52. The molecule has 2 rings (SSSR count). The van der Waals surface area contributed by atoms with Gasteiger partial charge in [0.1, 0.15) is 11.3 Å². The Bertz CT molecular complexity index is 698. The van der Waals surface area contributed by atoms with Crippen molar-refractivity contribution in [2.45, 2.75) is 19.8 Å². The Hall–Kier alpha value is -2.89. The Morgan fingerprint density at radius 2 is 1.96 bits per heavy atom. The number of nitrogens with zero attached hydrogens (tertiary/aromatic N) is 1. The first-order chi connectivity index (χ1) is 11.0. The molecule has 0 fully saturated rings. The van der Waals surface area contributed by atoms with E-state index in [1.54, 1.807) is 24.3 Å². The molecule has 6 nitrogen and oxygen atoms in total. The van der Waals surface area contributed by atoms with E-state index in [0.717, 1.165) is 5.56 Å². The molecule has 23 heavy (non-hydrogen) atoms. The third-order valence-electron chi connectivity index (χ3n) is 3.34. The summed E-state index contributed by atoms with van der Waals surface area (Å²) in [5.74, 6) is -0.926. The second-order valence-electron chi connectivity index (χ2n) is 4.95. The second kappa shape index (κ2) is 7.40. The van der Waals surface area contributed by atoms with Gasteiger partial charge in [0, 0.05) is 12.7 Å². The van der Waals surface area contributed by atoms with Crippen molar-refractivity contribution in [3.63, 3.8) is 0 Å². The van der Waals surface area contributed by atoms with Gasteiger partial charge in [-0.2, -0.15) is 0 Å². The molecule has 0 spiro atoms. The molecule has 1 atom stereocenters. The summed E-state index contributed by atoms with van der Waals surface area (Å²) in [4.78, 5) is 26.9. The number of likely N-dealkylation sites (N-methyl/N-ethyl adjacent to an activating group) is 1. The van der Waals surface area contributed by atoms with Crippen LogP contribution in [-0.2, 0) is 4.79 Å². The minimum Gasteiger partial charge on any atom is -0.477 e. The molecular weight excluding hydrogens is 296 g/mol. The summed E-state index contributed by atoms with van der Waals surface area (Å²) in [6.07, 6.45) is 1.47. The third-order valence-corrected chi connectivity index (χ3v) is 3.34. The van der Waals surface area contributed by atoms with Gasteiger partial charge in [-0.3, -0.25) is 4.79 Å². The number of carboxylic acids is 1. The quantitative estimate of drug-likeness (QED) is 0.856. The molecule has 0 saturated carbocycles. The molecule has 1 aromatic carbocycles. The van der Waals surface area contributed by atoms with Gasteiger partial charge in [0.15, 0.2) is 0 Å². The summed E-state index contributed by atoms with van der Waals surface area (Å²) in [6, 6.07) is 9.89. The summed E-state index contributed by atoms with van der Waals surface area (Å²) in [7, 11) is 0. The zero-order chi connectivity index (χ0) is 16.8. The Balaban J connectivity index is 2.15. The van der Waals surface area contributed by atoms with Crippen molar-refractivity contribution in [2.75, 3.05) is 6.54 Å². The molecule has 0 aliphatic rings. The number of aromatic nitrogens is 1. The highest BCUT2D eigenvalue weighted by atomic mass is 16.5. The molecule has 1 aromatic heterocycles. The fraction of sp³-hybridized carbons (Fsp3) is 0.235. The van der Waals surface area contributed by atoms with Gasteiger partial charge in [-0.05, 0) is 43.7 Å². The first-order valence-electron chi connectivity index (χ1n) is 7.26. The SMILES string of the molecule is CCNC(=O)C(C)c1ccc(Oc2ncccc2C(=O)O)cc1. The van der Waals surface area contributed by atoms with Crippen molar-refractivity contribution in [2.24, 2.45) is 0 Å². The molecule has 0 bridgehead atoms. The van der Waals surface area contributed by atoms with Crippen molar-refractivity contribution >= 4 is 11.9 Å². The molecule has 0 aliphatic carbocycles. The maximum Gasteiger partial charge on any atom is 0.341 e. The lowest BCUT2D eigenvalue weighted by Gasteiger charge is -2.12. The fourth-order valence-corrected chi connectivity index (χ4v) is 2.05. The normalized spacial score (nSPS) is 11.6. The average molecular weight is 314 g/mol. The van der Waals surface area contributed by atoms with Crippen LogP contribution in [-0.4, -0.2) is 28.5 Å². The maximum atomic E-state index is 11.8. The summed E-state index contributed by atoms with van der Waals surface area (Å²) >= 11 is 0. The number of hydrogen-bond acceptors (Lipinski definition) is 4. The molecule has 1 heterocycles. The highest BCUT2D eigenvalue weighted by molar-refractivity contribution is 5.90. The van der Waals surface area contributed by atoms with Crippen LogP contribution in [0.2, 0.25) is 0 Å². The molecule has 0 aliphatic heterocycles. The predicted octanol–water partition coefficient (Wildman–Crippen LogP) is 2.81. The van der Waals surface area contributed by atoms with Gasteiger partial charge in [0.2, 0.25) is 11.8 Å². The highest BCUT2D eigenvalue weighted by Gasteiger charge is 2.15. The molecule has 0 radical (unpaired) electrons. The van der Waals surface area contributed by atoms with Crippen LogP contribution in [0.5, 0.6) is 11.6 Å². The van der Waals surface area contributed by atoms with Crippen molar-refractivity contribution in [1.29, 1.82) is 0 Å². The number of carbonyl (C=O) groups excluding carboxylic acids is 1. The number of pyridine rings is 1. The van der Waals surface area contributed by atoms with Gasteiger partial charge < -0.3 is 15.2 Å². The number of ether oxygens (including phenoxy) is 1. The van der Waals surface area contributed by atoms with Crippen LogP contribution in [0.25, 0.3) is 0 Å². The first-order valence-corrected chi connectivity index (χ1v) is 7.26. The van der Waals surface area contributed by atoms with Crippen molar-refractivity contribution in [3.05, 3.63) is 53.7 Å². The smallest absolute Gasteiger partial charge is 0.341 e. The number of rotatable bonds is 6. The number of carboxylic acid groups (broad SMARTS) is 1. The zero-order valence-electron chi connectivity index (χ0n) is 12.9. The summed E-state index contributed by atoms with van der Waals surface area (Å²) in [5, 5.41) is 11.9. The van der Waals surface area contributed by atoms with Gasteiger partial charge in [-0.25, -0.2) is 9.78 Å². The van der Waals surface area contributed by atoms with E-state index in [-0.39, 0.29) is 23.3 Å². The number of hydrogen-bond donors (Lipinski definition) is 2. The van der Waals surface area contributed by atoms with E-state index in [0.29, 0.717) is 12.3 Å². The number of nitrogens with one attached hydrogen (secondary N) is 1. The topological polar surface area (TPSA) is 88.5 Å². The monoisotopic (exact) mass is 314 g/mol. The van der Waals surface area contributed by atoms with Crippen molar-refractivity contribution in [3.8, 4) is 11.6 Å². The van der Waals surface area contributed by atoms with Gasteiger partial charge in [0.05, 0.1) is 5.92 Å².